The van der Waals surface area contributed by atoms with E-state index in [0.29, 0.717) is 12.6 Å². The van der Waals surface area contributed by atoms with Gasteiger partial charge in [-0.1, -0.05) is 23.7 Å². The molecule has 0 aromatic heterocycles. The largest absolute Gasteiger partial charge is 0.342 e. The third-order valence-electron chi connectivity index (χ3n) is 3.23. The molecule has 0 bridgehead atoms. The molecule has 4 heteroatoms. The molecule has 1 saturated carbocycles. The summed E-state index contributed by atoms with van der Waals surface area (Å²) in [7, 11) is 1.80. The van der Waals surface area contributed by atoms with E-state index >= 15 is 0 Å². The average Bonchev–Trinajstić information content (AvgIpc) is 3.13. The number of hydrogen-bond acceptors (Lipinski definition) is 2. The summed E-state index contributed by atoms with van der Waals surface area (Å²) >= 11 is 6.18. The summed E-state index contributed by atoms with van der Waals surface area (Å²) in [6.45, 7) is 3.01. The molecule has 1 amide bonds. The first kappa shape index (κ1) is 13.4. The number of amides is 1. The van der Waals surface area contributed by atoms with Crippen molar-refractivity contribution in [2.75, 3.05) is 7.05 Å². The van der Waals surface area contributed by atoms with Gasteiger partial charge in [-0.2, -0.15) is 0 Å². The molecule has 1 aliphatic rings. The van der Waals surface area contributed by atoms with Gasteiger partial charge in [-0.05, 0) is 30.0 Å². The zero-order chi connectivity index (χ0) is 13.1. The van der Waals surface area contributed by atoms with Crippen LogP contribution in [0.25, 0.3) is 0 Å². The number of rotatable bonds is 5. The van der Waals surface area contributed by atoms with E-state index in [1.807, 2.05) is 12.1 Å². The molecule has 3 nitrogen and oxygen atoms in total. The summed E-state index contributed by atoms with van der Waals surface area (Å²) in [5.74, 6) is 0.0719. The number of nitrogens with zero attached hydrogens (tertiary/aromatic N) is 1. The Morgan fingerprint density at radius 3 is 2.83 bits per heavy atom. The molecular formula is C14H19ClN2O. The van der Waals surface area contributed by atoms with Crippen molar-refractivity contribution in [1.29, 1.82) is 0 Å². The van der Waals surface area contributed by atoms with Crippen LogP contribution in [0.2, 0.25) is 5.02 Å². The van der Waals surface area contributed by atoms with Crippen LogP contribution in [-0.4, -0.2) is 23.9 Å². The molecule has 0 radical (unpaired) electrons. The molecule has 0 saturated heterocycles. The van der Waals surface area contributed by atoms with E-state index < -0.39 is 0 Å². The van der Waals surface area contributed by atoms with Gasteiger partial charge in [-0.15, -0.1) is 0 Å². The van der Waals surface area contributed by atoms with Crippen molar-refractivity contribution in [3.8, 4) is 0 Å². The van der Waals surface area contributed by atoms with Crippen molar-refractivity contribution in [3.05, 3.63) is 34.3 Å². The molecule has 0 unspecified atom stereocenters. The highest BCUT2D eigenvalue weighted by molar-refractivity contribution is 6.31. The maximum atomic E-state index is 11.2. The zero-order valence-corrected chi connectivity index (χ0v) is 11.6. The van der Waals surface area contributed by atoms with Crippen LogP contribution >= 0.6 is 11.6 Å². The van der Waals surface area contributed by atoms with Gasteiger partial charge in [-0.3, -0.25) is 4.79 Å². The van der Waals surface area contributed by atoms with Crippen LogP contribution in [0.3, 0.4) is 0 Å². The van der Waals surface area contributed by atoms with Gasteiger partial charge in [0, 0.05) is 38.1 Å². The van der Waals surface area contributed by atoms with Gasteiger partial charge >= 0.3 is 0 Å². The molecule has 1 aliphatic carbocycles. The van der Waals surface area contributed by atoms with Crippen molar-refractivity contribution in [3.63, 3.8) is 0 Å². The smallest absolute Gasteiger partial charge is 0.219 e. The Kier molecular flexibility index (Phi) is 4.25. The topological polar surface area (TPSA) is 32.3 Å². The lowest BCUT2D eigenvalue weighted by Gasteiger charge is -2.16. The standard InChI is InChI=1S/C14H19ClN2O/c1-10(18)17(2)9-11-3-6-14(15)12(7-11)8-16-13-4-5-13/h3,6-7,13,16H,4-5,8-9H2,1-2H3. The number of halogens is 1. The molecule has 98 valence electrons. The molecule has 0 aliphatic heterocycles. The summed E-state index contributed by atoms with van der Waals surface area (Å²) in [6, 6.07) is 6.64. The second-order valence-electron chi connectivity index (χ2n) is 4.96. The fraction of sp³-hybridized carbons (Fsp3) is 0.500. The van der Waals surface area contributed by atoms with Gasteiger partial charge < -0.3 is 10.2 Å². The Balaban J connectivity index is 2.02. The molecule has 1 N–H and O–H groups in total. The van der Waals surface area contributed by atoms with Crippen LogP contribution < -0.4 is 5.32 Å². The van der Waals surface area contributed by atoms with Gasteiger partial charge in [0.2, 0.25) is 5.91 Å². The molecule has 0 heterocycles. The van der Waals surface area contributed by atoms with Crippen LogP contribution in [0.4, 0.5) is 0 Å². The third-order valence-corrected chi connectivity index (χ3v) is 3.59. The van der Waals surface area contributed by atoms with Crippen molar-refractivity contribution in [1.82, 2.24) is 10.2 Å². The monoisotopic (exact) mass is 266 g/mol. The van der Waals surface area contributed by atoms with E-state index in [-0.39, 0.29) is 5.91 Å². The minimum atomic E-state index is 0.0719. The summed E-state index contributed by atoms with van der Waals surface area (Å²) in [6.07, 6.45) is 2.54. The molecule has 18 heavy (non-hydrogen) atoms. The van der Waals surface area contributed by atoms with E-state index in [1.54, 1.807) is 18.9 Å². The highest BCUT2D eigenvalue weighted by atomic mass is 35.5. The molecule has 1 aromatic rings. The van der Waals surface area contributed by atoms with Gasteiger partial charge in [0.1, 0.15) is 0 Å². The molecule has 1 aromatic carbocycles. The van der Waals surface area contributed by atoms with Crippen LogP contribution in [-0.2, 0) is 17.9 Å². The first-order chi connectivity index (χ1) is 8.56. The van der Waals surface area contributed by atoms with Crippen LogP contribution in [0.15, 0.2) is 18.2 Å². The minimum absolute atomic E-state index is 0.0719. The van der Waals surface area contributed by atoms with Crippen LogP contribution in [0, 0.1) is 0 Å². The Morgan fingerprint density at radius 2 is 2.22 bits per heavy atom. The summed E-state index contributed by atoms with van der Waals surface area (Å²) in [5.41, 5.74) is 2.22. The van der Waals surface area contributed by atoms with E-state index in [0.717, 1.165) is 22.7 Å². The molecule has 0 atom stereocenters. The van der Waals surface area contributed by atoms with Crippen LogP contribution in [0.5, 0.6) is 0 Å². The lowest BCUT2D eigenvalue weighted by atomic mass is 10.1. The first-order valence-corrected chi connectivity index (χ1v) is 6.66. The van der Waals surface area contributed by atoms with Crippen LogP contribution in [0.1, 0.15) is 30.9 Å². The fourth-order valence-corrected chi connectivity index (χ4v) is 1.97. The molecule has 2 rings (SSSR count). The predicted molar refractivity (Wildman–Crippen MR) is 73.5 cm³/mol. The Labute approximate surface area is 113 Å². The lowest BCUT2D eigenvalue weighted by Crippen LogP contribution is -2.23. The van der Waals surface area contributed by atoms with Gasteiger partial charge in [0.15, 0.2) is 0 Å². The van der Waals surface area contributed by atoms with Crippen molar-refractivity contribution in [2.45, 2.75) is 38.9 Å². The third kappa shape index (κ3) is 3.72. The first-order valence-electron chi connectivity index (χ1n) is 6.28. The highest BCUT2D eigenvalue weighted by Crippen LogP contribution is 2.22. The quantitative estimate of drug-likeness (QED) is 0.888. The predicted octanol–water partition coefficient (Wildman–Crippen LogP) is 2.57. The number of benzene rings is 1. The number of nitrogens with one attached hydrogen (secondary N) is 1. The van der Waals surface area contributed by atoms with E-state index in [9.17, 15) is 4.79 Å². The summed E-state index contributed by atoms with van der Waals surface area (Å²) in [5, 5.41) is 4.24. The van der Waals surface area contributed by atoms with Gasteiger partial charge in [0.25, 0.3) is 0 Å². The normalized spacial score (nSPS) is 14.6. The van der Waals surface area contributed by atoms with Gasteiger partial charge in [0.05, 0.1) is 0 Å². The molecule has 0 spiro atoms. The number of carbonyl (C=O) groups excluding carboxylic acids is 1. The zero-order valence-electron chi connectivity index (χ0n) is 10.9. The number of hydrogen-bond donors (Lipinski definition) is 1. The van der Waals surface area contributed by atoms with Crippen molar-refractivity contribution in [2.24, 2.45) is 0 Å². The van der Waals surface area contributed by atoms with Gasteiger partial charge in [-0.25, -0.2) is 0 Å². The van der Waals surface area contributed by atoms with E-state index in [4.69, 9.17) is 11.6 Å². The summed E-state index contributed by atoms with van der Waals surface area (Å²) < 4.78 is 0. The Morgan fingerprint density at radius 1 is 1.50 bits per heavy atom. The average molecular weight is 267 g/mol. The highest BCUT2D eigenvalue weighted by Gasteiger charge is 2.20. The second kappa shape index (κ2) is 5.72. The maximum Gasteiger partial charge on any atom is 0.219 e. The minimum Gasteiger partial charge on any atom is -0.342 e. The van der Waals surface area contributed by atoms with Crippen molar-refractivity contribution >= 4 is 17.5 Å². The summed E-state index contributed by atoms with van der Waals surface area (Å²) in [4.78, 5) is 12.9. The second-order valence-corrected chi connectivity index (χ2v) is 5.36. The Bertz CT molecular complexity index is 443. The molecule has 1 fully saturated rings. The number of carbonyl (C=O) groups is 1. The maximum absolute atomic E-state index is 11.2. The molecular weight excluding hydrogens is 248 g/mol. The van der Waals surface area contributed by atoms with E-state index in [2.05, 4.69) is 11.4 Å². The fourth-order valence-electron chi connectivity index (χ4n) is 1.79. The van der Waals surface area contributed by atoms with E-state index in [1.165, 1.54) is 12.8 Å². The lowest BCUT2D eigenvalue weighted by molar-refractivity contribution is -0.128. The van der Waals surface area contributed by atoms with Crippen molar-refractivity contribution < 1.29 is 4.79 Å². The SMILES string of the molecule is CC(=O)N(C)Cc1ccc(Cl)c(CNC2CC2)c1. The Hall–Kier alpha value is -1.06.